The fraction of sp³-hybridized carbons (Fsp3) is 0.714. The number of terminal acetylenes is 1. The zero-order valence-electron chi connectivity index (χ0n) is 11.6. The summed E-state index contributed by atoms with van der Waals surface area (Å²) in [7, 11) is 0. The van der Waals surface area contributed by atoms with Crippen LogP contribution in [0.2, 0.25) is 0 Å². The highest BCUT2D eigenvalue weighted by atomic mass is 16.2. The molecular weight excluding hydrogens is 228 g/mol. The molecule has 100 valence electrons. The zero-order chi connectivity index (χ0) is 13.9. The number of carbonyl (C=O) groups is 2. The van der Waals surface area contributed by atoms with E-state index in [1.54, 1.807) is 4.90 Å². The van der Waals surface area contributed by atoms with Gasteiger partial charge in [0.25, 0.3) is 0 Å². The van der Waals surface area contributed by atoms with Crippen LogP contribution in [0.1, 0.15) is 40.5 Å². The SMILES string of the molecule is C#CCC(C)N1C(=O)C(C(C)C)NC(=O)C1CC. The molecule has 1 aliphatic rings. The van der Waals surface area contributed by atoms with Gasteiger partial charge in [-0.1, -0.05) is 20.8 Å². The Morgan fingerprint density at radius 1 is 1.39 bits per heavy atom. The van der Waals surface area contributed by atoms with Crippen molar-refractivity contribution in [3.63, 3.8) is 0 Å². The highest BCUT2D eigenvalue weighted by Crippen LogP contribution is 2.21. The molecule has 1 N–H and O–H groups in total. The predicted octanol–water partition coefficient (Wildman–Crippen LogP) is 1.16. The molecular formula is C14H22N2O2. The molecule has 2 amide bonds. The molecule has 0 aromatic carbocycles. The van der Waals surface area contributed by atoms with Gasteiger partial charge < -0.3 is 10.2 Å². The molecule has 0 radical (unpaired) electrons. The van der Waals surface area contributed by atoms with Crippen molar-refractivity contribution in [2.45, 2.75) is 58.7 Å². The summed E-state index contributed by atoms with van der Waals surface area (Å²) in [5.41, 5.74) is 0. The lowest BCUT2D eigenvalue weighted by Gasteiger charge is -2.42. The normalized spacial score (nSPS) is 25.9. The van der Waals surface area contributed by atoms with Crippen molar-refractivity contribution in [3.8, 4) is 12.3 Å². The number of nitrogens with one attached hydrogen (secondary N) is 1. The second kappa shape index (κ2) is 5.90. The van der Waals surface area contributed by atoms with Crippen LogP contribution in [0.25, 0.3) is 0 Å². The molecule has 0 aromatic rings. The molecule has 0 bridgehead atoms. The fourth-order valence-electron chi connectivity index (χ4n) is 2.38. The van der Waals surface area contributed by atoms with Gasteiger partial charge in [-0.05, 0) is 19.3 Å². The summed E-state index contributed by atoms with van der Waals surface area (Å²) in [4.78, 5) is 26.2. The van der Waals surface area contributed by atoms with Gasteiger partial charge in [0.05, 0.1) is 0 Å². The second-order valence-electron chi connectivity index (χ2n) is 5.16. The van der Waals surface area contributed by atoms with Gasteiger partial charge in [0.2, 0.25) is 11.8 Å². The van der Waals surface area contributed by atoms with E-state index in [1.165, 1.54) is 0 Å². The molecule has 0 saturated carbocycles. The van der Waals surface area contributed by atoms with Gasteiger partial charge in [0.15, 0.2) is 0 Å². The average Bonchev–Trinajstić information content (AvgIpc) is 2.30. The quantitative estimate of drug-likeness (QED) is 0.761. The Labute approximate surface area is 109 Å². The third-order valence-electron chi connectivity index (χ3n) is 3.40. The maximum atomic E-state index is 12.4. The third kappa shape index (κ3) is 2.66. The molecule has 1 saturated heterocycles. The molecule has 1 heterocycles. The Balaban J connectivity index is 3.02. The molecule has 3 atom stereocenters. The number of nitrogens with zero attached hydrogens (tertiary/aromatic N) is 1. The largest absolute Gasteiger partial charge is 0.342 e. The number of hydrogen-bond donors (Lipinski definition) is 1. The van der Waals surface area contributed by atoms with Crippen LogP contribution in [0.5, 0.6) is 0 Å². The van der Waals surface area contributed by atoms with E-state index in [0.29, 0.717) is 12.8 Å². The molecule has 0 aromatic heterocycles. The first kappa shape index (κ1) is 14.6. The predicted molar refractivity (Wildman–Crippen MR) is 70.6 cm³/mol. The molecule has 3 unspecified atom stereocenters. The van der Waals surface area contributed by atoms with Crippen molar-refractivity contribution >= 4 is 11.8 Å². The number of amides is 2. The number of rotatable bonds is 4. The Kier molecular flexibility index (Phi) is 4.77. The van der Waals surface area contributed by atoms with E-state index in [-0.39, 0.29) is 23.8 Å². The summed E-state index contributed by atoms with van der Waals surface area (Å²) in [6.45, 7) is 7.66. The van der Waals surface area contributed by atoms with Crippen molar-refractivity contribution < 1.29 is 9.59 Å². The molecule has 1 aliphatic heterocycles. The maximum Gasteiger partial charge on any atom is 0.246 e. The summed E-state index contributed by atoms with van der Waals surface area (Å²) >= 11 is 0. The number of carbonyl (C=O) groups excluding carboxylic acids is 2. The summed E-state index contributed by atoms with van der Waals surface area (Å²) in [5.74, 6) is 2.56. The van der Waals surface area contributed by atoms with Gasteiger partial charge >= 0.3 is 0 Å². The number of piperazine rings is 1. The smallest absolute Gasteiger partial charge is 0.246 e. The topological polar surface area (TPSA) is 49.4 Å². The number of hydrogen-bond acceptors (Lipinski definition) is 2. The molecule has 1 fully saturated rings. The van der Waals surface area contributed by atoms with Crippen LogP contribution in [0.3, 0.4) is 0 Å². The van der Waals surface area contributed by atoms with Gasteiger partial charge in [-0.3, -0.25) is 9.59 Å². The van der Waals surface area contributed by atoms with E-state index >= 15 is 0 Å². The van der Waals surface area contributed by atoms with E-state index in [9.17, 15) is 9.59 Å². The molecule has 1 rings (SSSR count). The fourth-order valence-corrected chi connectivity index (χ4v) is 2.38. The average molecular weight is 250 g/mol. The van der Waals surface area contributed by atoms with Gasteiger partial charge in [-0.25, -0.2) is 0 Å². The second-order valence-corrected chi connectivity index (χ2v) is 5.16. The summed E-state index contributed by atoms with van der Waals surface area (Å²) in [6.07, 6.45) is 6.39. The Morgan fingerprint density at radius 2 is 2.00 bits per heavy atom. The lowest BCUT2D eigenvalue weighted by Crippen LogP contribution is -2.66. The van der Waals surface area contributed by atoms with Gasteiger partial charge in [0, 0.05) is 12.5 Å². The minimum absolute atomic E-state index is 0.0146. The van der Waals surface area contributed by atoms with Crippen LogP contribution in [0.4, 0.5) is 0 Å². The van der Waals surface area contributed by atoms with Gasteiger partial charge in [-0.2, -0.15) is 0 Å². The summed E-state index contributed by atoms with van der Waals surface area (Å²) in [5, 5.41) is 2.81. The van der Waals surface area contributed by atoms with Gasteiger partial charge in [0.1, 0.15) is 12.1 Å². The van der Waals surface area contributed by atoms with Crippen LogP contribution in [0, 0.1) is 18.3 Å². The lowest BCUT2D eigenvalue weighted by molar-refractivity contribution is -0.153. The molecule has 4 heteroatoms. The highest BCUT2D eigenvalue weighted by molar-refractivity contribution is 5.97. The minimum atomic E-state index is -0.430. The van der Waals surface area contributed by atoms with Crippen molar-refractivity contribution in [2.24, 2.45) is 5.92 Å². The van der Waals surface area contributed by atoms with E-state index < -0.39 is 12.1 Å². The van der Waals surface area contributed by atoms with Crippen LogP contribution in [-0.2, 0) is 9.59 Å². The zero-order valence-corrected chi connectivity index (χ0v) is 11.6. The Hall–Kier alpha value is -1.50. The van der Waals surface area contributed by atoms with Crippen molar-refractivity contribution in [2.75, 3.05) is 0 Å². The van der Waals surface area contributed by atoms with Crippen LogP contribution >= 0.6 is 0 Å². The van der Waals surface area contributed by atoms with Crippen molar-refractivity contribution in [3.05, 3.63) is 0 Å². The summed E-state index contributed by atoms with van der Waals surface area (Å²) < 4.78 is 0. The first-order valence-corrected chi connectivity index (χ1v) is 6.50. The Morgan fingerprint density at radius 3 is 2.44 bits per heavy atom. The first-order valence-electron chi connectivity index (χ1n) is 6.50. The minimum Gasteiger partial charge on any atom is -0.342 e. The molecule has 4 nitrogen and oxygen atoms in total. The van der Waals surface area contributed by atoms with E-state index in [0.717, 1.165) is 0 Å². The van der Waals surface area contributed by atoms with Crippen molar-refractivity contribution in [1.29, 1.82) is 0 Å². The van der Waals surface area contributed by atoms with E-state index in [1.807, 2.05) is 27.7 Å². The lowest BCUT2D eigenvalue weighted by atomic mass is 9.95. The summed E-state index contributed by atoms with van der Waals surface area (Å²) in [6, 6.07) is -0.920. The molecule has 0 aliphatic carbocycles. The van der Waals surface area contributed by atoms with Crippen LogP contribution in [-0.4, -0.2) is 34.8 Å². The highest BCUT2D eigenvalue weighted by Gasteiger charge is 2.42. The van der Waals surface area contributed by atoms with Gasteiger partial charge in [-0.15, -0.1) is 12.3 Å². The van der Waals surface area contributed by atoms with Crippen LogP contribution < -0.4 is 5.32 Å². The van der Waals surface area contributed by atoms with Crippen LogP contribution in [0.15, 0.2) is 0 Å². The standard InChI is InChI=1S/C14H22N2O2/c1-6-8-10(5)16-11(7-2)13(17)15-12(9(3)4)14(16)18/h1,9-12H,7-8H2,2-5H3,(H,15,17). The monoisotopic (exact) mass is 250 g/mol. The molecule has 18 heavy (non-hydrogen) atoms. The maximum absolute atomic E-state index is 12.4. The van der Waals surface area contributed by atoms with E-state index in [4.69, 9.17) is 6.42 Å². The Bertz CT molecular complexity index is 370. The molecule has 0 spiro atoms. The van der Waals surface area contributed by atoms with Crippen molar-refractivity contribution in [1.82, 2.24) is 10.2 Å². The first-order chi connectivity index (χ1) is 8.43. The third-order valence-corrected chi connectivity index (χ3v) is 3.40. The van der Waals surface area contributed by atoms with E-state index in [2.05, 4.69) is 11.2 Å².